The van der Waals surface area contributed by atoms with Crippen molar-refractivity contribution in [3.63, 3.8) is 0 Å². The molecule has 1 heterocycles. The third-order valence-corrected chi connectivity index (χ3v) is 5.40. The molecule has 0 atom stereocenters. The molecule has 0 aliphatic heterocycles. The maximum atomic E-state index is 2.33. The predicted octanol–water partition coefficient (Wildman–Crippen LogP) is 7.10. The zero-order valence-electron chi connectivity index (χ0n) is 18.0. The largest absolute Gasteiger partial charge is 0.200 e. The number of hydrogen-bond donors (Lipinski definition) is 0. The third kappa shape index (κ3) is 9.22. The Labute approximate surface area is 167 Å². The summed E-state index contributed by atoms with van der Waals surface area (Å²) in [6, 6.07) is 11.5. The quantitative estimate of drug-likeness (QED) is 0.263. The van der Waals surface area contributed by atoms with Crippen molar-refractivity contribution in [2.24, 2.45) is 0 Å². The number of aromatic nitrogens is 1. The highest BCUT2D eigenvalue weighted by atomic mass is 14.9. The molecule has 1 aromatic heterocycles. The average molecular weight is 367 g/mol. The monoisotopic (exact) mass is 366 g/mol. The van der Waals surface area contributed by atoms with E-state index in [9.17, 15) is 0 Å². The van der Waals surface area contributed by atoms with Gasteiger partial charge in [0, 0.05) is 16.7 Å². The summed E-state index contributed by atoms with van der Waals surface area (Å²) < 4.78 is 2.29. The first-order chi connectivity index (χ1) is 13.2. The molecule has 1 nitrogen and oxygen atoms in total. The molecule has 1 heteroatoms. The van der Waals surface area contributed by atoms with Crippen LogP contribution in [-0.2, 0) is 13.0 Å². The van der Waals surface area contributed by atoms with E-state index < -0.39 is 0 Å². The fraction of sp³-hybridized carbons (Fsp3) is 0.577. The molecule has 0 unspecified atom stereocenters. The molecule has 0 fully saturated rings. The van der Waals surface area contributed by atoms with Crippen LogP contribution in [0.25, 0.3) is 0 Å². The van der Waals surface area contributed by atoms with Crippen molar-refractivity contribution in [1.82, 2.24) is 0 Å². The Morgan fingerprint density at radius 1 is 0.630 bits per heavy atom. The first-order valence-corrected chi connectivity index (χ1v) is 11.2. The zero-order chi connectivity index (χ0) is 19.3. The smallest absolute Gasteiger partial charge is 0.173 e. The van der Waals surface area contributed by atoms with Crippen molar-refractivity contribution >= 4 is 0 Å². The zero-order valence-corrected chi connectivity index (χ0v) is 18.0. The number of hydrogen-bond acceptors (Lipinski definition) is 0. The minimum Gasteiger partial charge on any atom is -0.200 e. The SMILES string of the molecule is CCCCCCCCCCCCc1ccc(C[n+]2cc(C)cc(C)c2)cc1. The Balaban J connectivity index is 1.60. The van der Waals surface area contributed by atoms with Gasteiger partial charge < -0.3 is 0 Å². The molecule has 0 amide bonds. The second-order valence-electron chi connectivity index (χ2n) is 8.31. The fourth-order valence-corrected chi connectivity index (χ4v) is 3.92. The number of nitrogens with zero attached hydrogens (tertiary/aromatic N) is 1. The lowest BCUT2D eigenvalue weighted by Gasteiger charge is -2.05. The van der Waals surface area contributed by atoms with Crippen LogP contribution in [0.3, 0.4) is 0 Å². The van der Waals surface area contributed by atoms with Gasteiger partial charge in [0.1, 0.15) is 0 Å². The Bertz CT molecular complexity index is 622. The molecule has 1 aromatic carbocycles. The van der Waals surface area contributed by atoms with E-state index >= 15 is 0 Å². The molecule has 0 saturated carbocycles. The van der Waals surface area contributed by atoms with Crippen LogP contribution in [0.1, 0.15) is 93.4 Å². The summed E-state index contributed by atoms with van der Waals surface area (Å²) in [5.41, 5.74) is 5.53. The molecule has 0 spiro atoms. The maximum absolute atomic E-state index is 2.33. The highest BCUT2D eigenvalue weighted by molar-refractivity contribution is 5.22. The lowest BCUT2D eigenvalue weighted by atomic mass is 10.0. The molecule has 2 aromatic rings. The molecule has 0 bridgehead atoms. The normalized spacial score (nSPS) is 11.1. The molecule has 0 aliphatic rings. The molecular formula is C26H40N+. The van der Waals surface area contributed by atoms with Crippen LogP contribution in [-0.4, -0.2) is 0 Å². The highest BCUT2D eigenvalue weighted by Crippen LogP contribution is 2.13. The van der Waals surface area contributed by atoms with Crippen molar-refractivity contribution in [2.45, 2.75) is 97.9 Å². The molecular weight excluding hydrogens is 326 g/mol. The van der Waals surface area contributed by atoms with Gasteiger partial charge in [-0.25, -0.2) is 4.57 Å². The van der Waals surface area contributed by atoms with E-state index in [1.807, 2.05) is 0 Å². The van der Waals surface area contributed by atoms with Crippen LogP contribution in [0.4, 0.5) is 0 Å². The van der Waals surface area contributed by atoms with Gasteiger partial charge in [-0.15, -0.1) is 0 Å². The van der Waals surface area contributed by atoms with Gasteiger partial charge in [0.05, 0.1) is 0 Å². The van der Waals surface area contributed by atoms with E-state index in [0.29, 0.717) is 0 Å². The first kappa shape index (κ1) is 21.7. The van der Waals surface area contributed by atoms with Crippen LogP contribution < -0.4 is 4.57 Å². The summed E-state index contributed by atoms with van der Waals surface area (Å²) in [6.07, 6.45) is 19.8. The second kappa shape index (κ2) is 12.7. The molecule has 0 aliphatic carbocycles. The van der Waals surface area contributed by atoms with Crippen LogP contribution in [0.5, 0.6) is 0 Å². The van der Waals surface area contributed by atoms with Crippen molar-refractivity contribution < 1.29 is 4.57 Å². The van der Waals surface area contributed by atoms with E-state index in [1.165, 1.54) is 92.9 Å². The molecule has 0 N–H and O–H groups in total. The van der Waals surface area contributed by atoms with Gasteiger partial charge in [-0.1, -0.05) is 89.0 Å². The number of aryl methyl sites for hydroxylation is 3. The van der Waals surface area contributed by atoms with Crippen molar-refractivity contribution in [3.8, 4) is 0 Å². The van der Waals surface area contributed by atoms with Crippen molar-refractivity contribution in [1.29, 1.82) is 0 Å². The van der Waals surface area contributed by atoms with Gasteiger partial charge in [-0.05, 0) is 38.3 Å². The average Bonchev–Trinajstić information content (AvgIpc) is 2.64. The minimum atomic E-state index is 0.959. The Morgan fingerprint density at radius 3 is 1.67 bits per heavy atom. The molecule has 27 heavy (non-hydrogen) atoms. The van der Waals surface area contributed by atoms with Gasteiger partial charge >= 0.3 is 0 Å². The molecule has 0 saturated heterocycles. The summed E-state index contributed by atoms with van der Waals surface area (Å²) in [5.74, 6) is 0. The Hall–Kier alpha value is -1.63. The topological polar surface area (TPSA) is 3.88 Å². The fourth-order valence-electron chi connectivity index (χ4n) is 3.92. The van der Waals surface area contributed by atoms with Crippen LogP contribution in [0.2, 0.25) is 0 Å². The van der Waals surface area contributed by atoms with Gasteiger partial charge in [0.15, 0.2) is 18.9 Å². The van der Waals surface area contributed by atoms with E-state index in [4.69, 9.17) is 0 Å². The Kier molecular flexibility index (Phi) is 10.2. The summed E-state index contributed by atoms with van der Waals surface area (Å²) in [6.45, 7) is 7.58. The number of benzene rings is 1. The Morgan fingerprint density at radius 2 is 1.11 bits per heavy atom. The lowest BCUT2D eigenvalue weighted by molar-refractivity contribution is -0.689. The predicted molar refractivity (Wildman–Crippen MR) is 117 cm³/mol. The van der Waals surface area contributed by atoms with E-state index in [0.717, 1.165) is 6.54 Å². The van der Waals surface area contributed by atoms with Gasteiger partial charge in [0.25, 0.3) is 0 Å². The third-order valence-electron chi connectivity index (χ3n) is 5.40. The van der Waals surface area contributed by atoms with E-state index in [1.54, 1.807) is 0 Å². The summed E-state index contributed by atoms with van der Waals surface area (Å²) in [7, 11) is 0. The lowest BCUT2D eigenvalue weighted by Crippen LogP contribution is -2.34. The standard InChI is InChI=1S/C26H40N/c1-4-5-6-7-8-9-10-11-12-13-14-25-15-17-26(18-16-25)22-27-20-23(2)19-24(3)21-27/h15-21H,4-14,22H2,1-3H3/q+1. The van der Waals surface area contributed by atoms with Crippen LogP contribution in [0, 0.1) is 13.8 Å². The molecule has 148 valence electrons. The number of unbranched alkanes of at least 4 members (excludes halogenated alkanes) is 9. The van der Waals surface area contributed by atoms with E-state index in [-0.39, 0.29) is 0 Å². The number of rotatable bonds is 13. The van der Waals surface area contributed by atoms with Gasteiger partial charge in [-0.2, -0.15) is 0 Å². The summed E-state index contributed by atoms with van der Waals surface area (Å²) in [4.78, 5) is 0. The maximum Gasteiger partial charge on any atom is 0.173 e. The first-order valence-electron chi connectivity index (χ1n) is 11.2. The number of pyridine rings is 1. The molecule has 0 radical (unpaired) electrons. The highest BCUT2D eigenvalue weighted by Gasteiger charge is 2.05. The van der Waals surface area contributed by atoms with Crippen LogP contribution >= 0.6 is 0 Å². The van der Waals surface area contributed by atoms with E-state index in [2.05, 4.69) is 68.1 Å². The van der Waals surface area contributed by atoms with Gasteiger partial charge in [-0.3, -0.25) is 0 Å². The minimum absolute atomic E-state index is 0.959. The van der Waals surface area contributed by atoms with Crippen LogP contribution in [0.15, 0.2) is 42.7 Å². The van der Waals surface area contributed by atoms with Crippen molar-refractivity contribution in [2.75, 3.05) is 0 Å². The summed E-state index contributed by atoms with van der Waals surface area (Å²) >= 11 is 0. The second-order valence-corrected chi connectivity index (χ2v) is 8.31. The van der Waals surface area contributed by atoms with Crippen molar-refractivity contribution in [3.05, 3.63) is 65.0 Å². The van der Waals surface area contributed by atoms with Gasteiger partial charge in [0.2, 0.25) is 0 Å². The molecule has 2 rings (SSSR count). The summed E-state index contributed by atoms with van der Waals surface area (Å²) in [5, 5.41) is 0.